The number of aromatic nitrogens is 1. The monoisotopic (exact) mass is 419 g/mol. The average molecular weight is 420 g/mol. The molecular weight excluding hydrogens is 398 g/mol. The molecule has 0 spiro atoms. The summed E-state index contributed by atoms with van der Waals surface area (Å²) in [5, 5.41) is 1.71. The molecule has 30 heavy (non-hydrogen) atoms. The van der Waals surface area contributed by atoms with Gasteiger partial charge in [0.2, 0.25) is 5.91 Å². The number of carbonyl (C=O) groups is 2. The topological polar surface area (TPSA) is 56.4 Å². The van der Waals surface area contributed by atoms with Gasteiger partial charge >= 0.3 is 0 Å². The zero-order valence-corrected chi connectivity index (χ0v) is 17.4. The van der Waals surface area contributed by atoms with E-state index in [9.17, 15) is 9.59 Å². The number of hydrogen-bond acceptors (Lipinski definition) is 2. The standard InChI is InChI=1S/C24H22ClN3O2/c1-3-12-27-14-20(29)28-13-17(15-8-4-6-10-18(15)25)21-16-9-5-7-11-19(16)26-22(21)24(28,2)23(27)30/h3-11,17,26H,1,12-14H2,2H3/t17-,24+/m1/s1. The predicted molar refractivity (Wildman–Crippen MR) is 117 cm³/mol. The highest BCUT2D eigenvalue weighted by molar-refractivity contribution is 6.31. The third-order valence-corrected chi connectivity index (χ3v) is 6.79. The number of nitrogens with one attached hydrogen (secondary N) is 1. The summed E-state index contributed by atoms with van der Waals surface area (Å²) < 4.78 is 0. The molecule has 2 aromatic carbocycles. The van der Waals surface area contributed by atoms with Crippen molar-refractivity contribution in [3.8, 4) is 0 Å². The third-order valence-electron chi connectivity index (χ3n) is 6.45. The van der Waals surface area contributed by atoms with Gasteiger partial charge < -0.3 is 14.8 Å². The lowest BCUT2D eigenvalue weighted by atomic mass is 9.76. The molecule has 5 rings (SSSR count). The van der Waals surface area contributed by atoms with Crippen LogP contribution in [0.15, 0.2) is 61.2 Å². The first kappa shape index (κ1) is 18.9. The van der Waals surface area contributed by atoms with Gasteiger partial charge in [0.05, 0.1) is 5.69 Å². The van der Waals surface area contributed by atoms with Gasteiger partial charge in [-0.15, -0.1) is 6.58 Å². The highest BCUT2D eigenvalue weighted by Crippen LogP contribution is 2.48. The highest BCUT2D eigenvalue weighted by atomic mass is 35.5. The molecule has 2 aliphatic rings. The van der Waals surface area contributed by atoms with Gasteiger partial charge in [0.15, 0.2) is 5.54 Å². The minimum absolute atomic E-state index is 0.0608. The second kappa shape index (κ2) is 6.74. The van der Waals surface area contributed by atoms with Gasteiger partial charge in [-0.1, -0.05) is 54.1 Å². The van der Waals surface area contributed by atoms with E-state index in [1.54, 1.807) is 15.9 Å². The molecule has 0 saturated carbocycles. The summed E-state index contributed by atoms with van der Waals surface area (Å²) >= 11 is 6.58. The molecule has 3 aromatic rings. The van der Waals surface area contributed by atoms with E-state index < -0.39 is 5.54 Å². The summed E-state index contributed by atoms with van der Waals surface area (Å²) in [4.78, 5) is 33.6. The van der Waals surface area contributed by atoms with Gasteiger partial charge in [0.25, 0.3) is 5.91 Å². The lowest BCUT2D eigenvalue weighted by molar-refractivity contribution is -0.165. The first-order chi connectivity index (χ1) is 14.5. The SMILES string of the molecule is C=CCN1CC(=O)N2C[C@H](c3ccccc3Cl)c3c([nH]c4ccccc34)[C@@]2(C)C1=O. The Hall–Kier alpha value is -3.05. The van der Waals surface area contributed by atoms with Gasteiger partial charge in [-0.05, 0) is 30.2 Å². The van der Waals surface area contributed by atoms with E-state index in [0.717, 1.165) is 27.7 Å². The molecule has 0 unspecified atom stereocenters. The van der Waals surface area contributed by atoms with Crippen molar-refractivity contribution in [1.82, 2.24) is 14.8 Å². The van der Waals surface area contributed by atoms with Crippen LogP contribution in [0.1, 0.15) is 29.7 Å². The van der Waals surface area contributed by atoms with Crippen molar-refractivity contribution in [1.29, 1.82) is 0 Å². The van der Waals surface area contributed by atoms with Gasteiger partial charge in [-0.3, -0.25) is 9.59 Å². The highest BCUT2D eigenvalue weighted by Gasteiger charge is 2.56. The molecule has 1 fully saturated rings. The quantitative estimate of drug-likeness (QED) is 0.651. The van der Waals surface area contributed by atoms with Gasteiger partial charge in [0.1, 0.15) is 6.54 Å². The average Bonchev–Trinajstić information content (AvgIpc) is 3.14. The van der Waals surface area contributed by atoms with E-state index in [1.807, 2.05) is 49.4 Å². The number of piperazine rings is 1. The van der Waals surface area contributed by atoms with Gasteiger partial charge in [-0.25, -0.2) is 0 Å². The minimum atomic E-state index is -1.09. The molecule has 1 saturated heterocycles. The molecule has 2 atom stereocenters. The largest absolute Gasteiger partial charge is 0.356 e. The second-order valence-corrected chi connectivity index (χ2v) is 8.49. The molecule has 152 valence electrons. The maximum Gasteiger partial charge on any atom is 0.255 e. The summed E-state index contributed by atoms with van der Waals surface area (Å²) in [5.41, 5.74) is 2.63. The van der Waals surface area contributed by atoms with Gasteiger partial charge in [-0.2, -0.15) is 0 Å². The van der Waals surface area contributed by atoms with E-state index in [2.05, 4.69) is 17.6 Å². The van der Waals surface area contributed by atoms with Crippen LogP contribution in [-0.4, -0.2) is 46.2 Å². The van der Waals surface area contributed by atoms with Crippen LogP contribution in [-0.2, 0) is 15.1 Å². The van der Waals surface area contributed by atoms with Crippen LogP contribution in [0, 0.1) is 0 Å². The van der Waals surface area contributed by atoms with E-state index in [4.69, 9.17) is 11.6 Å². The zero-order valence-electron chi connectivity index (χ0n) is 16.7. The van der Waals surface area contributed by atoms with Crippen molar-refractivity contribution >= 4 is 34.3 Å². The predicted octanol–water partition coefficient (Wildman–Crippen LogP) is 4.04. The molecule has 1 N–H and O–H groups in total. The molecular formula is C24H22ClN3O2. The summed E-state index contributed by atoms with van der Waals surface area (Å²) in [6, 6.07) is 15.7. The number of aromatic amines is 1. The zero-order chi connectivity index (χ0) is 21.0. The molecule has 5 nitrogen and oxygen atoms in total. The number of para-hydroxylation sites is 1. The Morgan fingerprint density at radius 1 is 1.20 bits per heavy atom. The number of amides is 2. The fourth-order valence-electron chi connectivity index (χ4n) is 5.02. The number of H-pyrrole nitrogens is 1. The van der Waals surface area contributed by atoms with Crippen LogP contribution in [0.4, 0.5) is 0 Å². The molecule has 0 bridgehead atoms. The molecule has 6 heteroatoms. The van der Waals surface area contributed by atoms with Crippen molar-refractivity contribution in [3.05, 3.63) is 83.0 Å². The molecule has 2 aliphatic heterocycles. The van der Waals surface area contributed by atoms with Crippen molar-refractivity contribution in [2.24, 2.45) is 0 Å². The fourth-order valence-corrected chi connectivity index (χ4v) is 5.29. The molecule has 2 amide bonds. The summed E-state index contributed by atoms with van der Waals surface area (Å²) in [5.74, 6) is -0.284. The Morgan fingerprint density at radius 2 is 1.93 bits per heavy atom. The van der Waals surface area contributed by atoms with E-state index in [0.29, 0.717) is 18.1 Å². The van der Waals surface area contributed by atoms with E-state index in [-0.39, 0.29) is 24.3 Å². The number of carbonyl (C=O) groups excluding carboxylic acids is 2. The number of nitrogens with zero attached hydrogens (tertiary/aromatic N) is 2. The summed E-state index contributed by atoms with van der Waals surface area (Å²) in [7, 11) is 0. The summed E-state index contributed by atoms with van der Waals surface area (Å²) in [6.45, 7) is 6.40. The molecule has 1 aromatic heterocycles. The number of benzene rings is 2. The maximum absolute atomic E-state index is 13.6. The van der Waals surface area contributed by atoms with Crippen LogP contribution >= 0.6 is 11.6 Å². The van der Waals surface area contributed by atoms with Crippen molar-refractivity contribution < 1.29 is 9.59 Å². The van der Waals surface area contributed by atoms with Crippen LogP contribution < -0.4 is 0 Å². The van der Waals surface area contributed by atoms with Crippen LogP contribution in [0.3, 0.4) is 0 Å². The van der Waals surface area contributed by atoms with Crippen LogP contribution in [0.5, 0.6) is 0 Å². The fraction of sp³-hybridized carbons (Fsp3) is 0.250. The number of rotatable bonds is 3. The Morgan fingerprint density at radius 3 is 2.70 bits per heavy atom. The lowest BCUT2D eigenvalue weighted by Gasteiger charge is -2.51. The van der Waals surface area contributed by atoms with Crippen molar-refractivity contribution in [2.75, 3.05) is 19.6 Å². The first-order valence-electron chi connectivity index (χ1n) is 10.0. The Labute approximate surface area is 179 Å². The first-order valence-corrected chi connectivity index (χ1v) is 10.4. The van der Waals surface area contributed by atoms with Crippen molar-refractivity contribution in [2.45, 2.75) is 18.4 Å². The Bertz CT molecular complexity index is 1200. The van der Waals surface area contributed by atoms with E-state index in [1.165, 1.54) is 0 Å². The number of hydrogen-bond donors (Lipinski definition) is 1. The number of fused-ring (bicyclic) bond motifs is 5. The number of halogens is 1. The third kappa shape index (κ3) is 2.48. The second-order valence-electron chi connectivity index (χ2n) is 8.08. The van der Waals surface area contributed by atoms with Crippen LogP contribution in [0.2, 0.25) is 5.02 Å². The van der Waals surface area contributed by atoms with E-state index >= 15 is 0 Å². The molecule has 0 radical (unpaired) electrons. The molecule has 0 aliphatic carbocycles. The smallest absolute Gasteiger partial charge is 0.255 e. The minimum Gasteiger partial charge on any atom is -0.356 e. The lowest BCUT2D eigenvalue weighted by Crippen LogP contribution is -2.67. The molecule has 3 heterocycles. The summed E-state index contributed by atoms with van der Waals surface area (Å²) in [6.07, 6.45) is 1.66. The Balaban J connectivity index is 1.79. The van der Waals surface area contributed by atoms with Gasteiger partial charge in [0, 0.05) is 34.9 Å². The Kier molecular flexibility index (Phi) is 4.26. The maximum atomic E-state index is 13.6. The van der Waals surface area contributed by atoms with Crippen molar-refractivity contribution in [3.63, 3.8) is 0 Å². The normalized spacial score (nSPS) is 23.5. The van der Waals surface area contributed by atoms with Crippen LogP contribution in [0.25, 0.3) is 10.9 Å².